The number of rotatable bonds is 21. The molecule has 6 rings (SSSR count). The first kappa shape index (κ1) is 68.1. The fourth-order valence-electron chi connectivity index (χ4n) is 5.79. The number of hydrogen-bond acceptors (Lipinski definition) is 14. The predicted molar refractivity (Wildman–Crippen MR) is 297 cm³/mol. The van der Waals surface area contributed by atoms with Crippen molar-refractivity contribution in [2.45, 2.75) is 18.8 Å². The van der Waals surface area contributed by atoms with E-state index in [2.05, 4.69) is 25.4 Å². The van der Waals surface area contributed by atoms with Gasteiger partial charge in [0.1, 0.15) is 24.0 Å². The molecule has 0 saturated heterocycles. The van der Waals surface area contributed by atoms with Gasteiger partial charge in [-0.15, -0.1) is 0 Å². The molecule has 0 aromatic heterocycles. The zero-order valence-electron chi connectivity index (χ0n) is 43.1. The van der Waals surface area contributed by atoms with Crippen LogP contribution in [0.25, 0.3) is 12.2 Å². The van der Waals surface area contributed by atoms with Crippen molar-refractivity contribution in [1.29, 1.82) is 0 Å². The fourth-order valence-corrected chi connectivity index (χ4v) is 6.37. The fraction of sp³-hybridized carbons (Fsp3) is 0.193. The Balaban J connectivity index is 0.000000478. The molecule has 0 radical (unpaired) electrons. The van der Waals surface area contributed by atoms with Crippen LogP contribution in [0, 0.1) is 0 Å². The van der Waals surface area contributed by atoms with Crippen LogP contribution in [0.3, 0.4) is 0 Å². The molecule has 0 saturated carbocycles. The number of aryl methyl sites for hydroxylation is 1. The Morgan fingerprint density at radius 1 is 0.557 bits per heavy atom. The van der Waals surface area contributed by atoms with Gasteiger partial charge in [-0.05, 0) is 107 Å². The summed E-state index contributed by atoms with van der Waals surface area (Å²) >= 11 is 8.92. The number of aliphatic carboxylic acids is 6. The summed E-state index contributed by atoms with van der Waals surface area (Å²) in [7, 11) is 6.16. The first-order chi connectivity index (χ1) is 37.6. The highest BCUT2D eigenvalue weighted by molar-refractivity contribution is 9.10. The molecule has 0 bridgehead atoms. The molecule has 0 spiro atoms. The maximum absolute atomic E-state index is 11.3. The number of carboxylic acids is 6. The lowest BCUT2D eigenvalue weighted by atomic mass is 9.92. The molecule has 0 atom stereocenters. The van der Waals surface area contributed by atoms with Crippen LogP contribution in [0.1, 0.15) is 40.2 Å². The topological polar surface area (TPSA) is 320 Å². The Kier molecular flexibility index (Phi) is 34.0. The van der Waals surface area contributed by atoms with E-state index in [1.807, 2.05) is 66.7 Å². The number of methoxy groups -OCH3 is 4. The summed E-state index contributed by atoms with van der Waals surface area (Å²) in [6.45, 7) is 0.196. The van der Waals surface area contributed by atoms with E-state index in [0.717, 1.165) is 33.3 Å². The second kappa shape index (κ2) is 39.5. The van der Waals surface area contributed by atoms with Crippen molar-refractivity contribution in [3.05, 3.63) is 189 Å². The van der Waals surface area contributed by atoms with Gasteiger partial charge in [-0.25, -0.2) is 19.2 Å². The second-order valence-electron chi connectivity index (χ2n) is 15.2. The molecule has 8 N–H and O–H groups in total. The second-order valence-corrected chi connectivity index (χ2v) is 16.5. The van der Waals surface area contributed by atoms with Gasteiger partial charge >= 0.3 is 35.8 Å². The van der Waals surface area contributed by atoms with Crippen LogP contribution in [-0.2, 0) is 44.7 Å². The van der Waals surface area contributed by atoms with E-state index >= 15 is 0 Å². The van der Waals surface area contributed by atoms with Gasteiger partial charge in [0.15, 0.2) is 29.6 Å². The van der Waals surface area contributed by atoms with Crippen molar-refractivity contribution in [2.24, 2.45) is 0 Å². The maximum atomic E-state index is 11.3. The molecule has 0 fully saturated rings. The van der Waals surface area contributed by atoms with Crippen molar-refractivity contribution < 1.29 is 98.0 Å². The van der Waals surface area contributed by atoms with Gasteiger partial charge in [-0.1, -0.05) is 106 Å². The molecular formula is C57H60BrClO20. The smallest absolute Gasteiger partial charge is 0.341 e. The number of benzene rings is 6. The number of halogens is 2. The first-order valence-corrected chi connectivity index (χ1v) is 24.1. The molecule has 0 aliphatic carbocycles. The summed E-state index contributed by atoms with van der Waals surface area (Å²) in [5.41, 5.74) is 3.82. The quantitative estimate of drug-likeness (QED) is 0.0189. The summed E-state index contributed by atoms with van der Waals surface area (Å²) in [5.74, 6) is -4.25. The maximum Gasteiger partial charge on any atom is 0.341 e. The lowest BCUT2D eigenvalue weighted by molar-refractivity contribution is -0.143. The summed E-state index contributed by atoms with van der Waals surface area (Å²) in [5, 5.41) is 69.5. The van der Waals surface area contributed by atoms with Crippen LogP contribution < -0.4 is 18.9 Å². The van der Waals surface area contributed by atoms with E-state index < -0.39 is 41.7 Å². The number of phenols is 2. The standard InChI is InChI=1S/C14H12O2.C11H11BrO4.C10H10O3.C9H10O4.C8H7ClO3.C5H10O4/c15-14(16)13(11-7-3-1-4-8-11)12-9-5-2-6-10-12;1-15-9-5-7(3-4-11(13)14)8(12)6-10(9)16-2;1-13-9-4-2-3-8(7-9)5-6-10(11)12;10-7-3-1-6(5-8(7)11)2-4-9(12)13;9-6-1-3-7(4-2-6)12-5-8(10)11;1-8-2-3-9-4-5(6)7/h1-10,13H,(H,15,16);3-6H,1-2H3,(H,13,14);2-7H,1H3,(H,11,12);1,3,5,10-11H,2,4H2,(H,12,13);1-4H,5H2,(H,10,11);2-4H2,1H3,(H,6,7). The Bertz CT molecular complexity index is 2820. The number of ether oxygens (including phenoxy) is 6. The van der Waals surface area contributed by atoms with Gasteiger partial charge in [-0.2, -0.15) is 0 Å². The Labute approximate surface area is 468 Å². The third-order valence-electron chi connectivity index (χ3n) is 9.43. The number of phenolic OH excluding ortho intramolecular Hbond substituents is 2. The molecular weight excluding hydrogens is 1120 g/mol. The van der Waals surface area contributed by atoms with Crippen LogP contribution in [0.5, 0.6) is 34.5 Å². The molecule has 0 unspecified atom stereocenters. The highest BCUT2D eigenvalue weighted by atomic mass is 79.9. The zero-order valence-corrected chi connectivity index (χ0v) is 45.5. The van der Waals surface area contributed by atoms with E-state index in [1.54, 1.807) is 67.8 Å². The van der Waals surface area contributed by atoms with E-state index in [4.69, 9.17) is 66.3 Å². The highest BCUT2D eigenvalue weighted by Gasteiger charge is 2.21. The van der Waals surface area contributed by atoms with Gasteiger partial charge in [0, 0.05) is 35.2 Å². The van der Waals surface area contributed by atoms with E-state index in [1.165, 1.54) is 45.6 Å². The molecule has 22 heteroatoms. The van der Waals surface area contributed by atoms with Crippen LogP contribution in [0.15, 0.2) is 156 Å². The van der Waals surface area contributed by atoms with Gasteiger partial charge in [0.2, 0.25) is 0 Å². The van der Waals surface area contributed by atoms with Crippen LogP contribution >= 0.6 is 27.5 Å². The van der Waals surface area contributed by atoms with Crippen molar-refractivity contribution in [3.8, 4) is 34.5 Å². The average molecular weight is 1180 g/mol. The number of aromatic hydroxyl groups is 2. The van der Waals surface area contributed by atoms with E-state index in [9.17, 15) is 33.9 Å². The summed E-state index contributed by atoms with van der Waals surface area (Å²) in [4.78, 5) is 62.0. The Morgan fingerprint density at radius 3 is 1.59 bits per heavy atom. The third-order valence-corrected chi connectivity index (χ3v) is 10.4. The molecule has 6 aromatic rings. The average Bonchev–Trinajstić information content (AvgIpc) is 3.43. The molecule has 0 amide bonds. The van der Waals surface area contributed by atoms with Crippen LogP contribution in [0.2, 0.25) is 5.02 Å². The summed E-state index contributed by atoms with van der Waals surface area (Å²) in [6.07, 6.45) is 5.52. The summed E-state index contributed by atoms with van der Waals surface area (Å²) in [6, 6.07) is 39.9. The Morgan fingerprint density at radius 2 is 1.11 bits per heavy atom. The van der Waals surface area contributed by atoms with Crippen molar-refractivity contribution in [2.75, 3.05) is 54.9 Å². The Hall–Kier alpha value is -8.89. The van der Waals surface area contributed by atoms with Crippen LogP contribution in [-0.4, -0.2) is 132 Å². The SMILES string of the molecule is COCCOCC(=O)O.COc1cc(Br)c(C=CC(=O)O)cc1OC.COc1cccc(C=CC(=O)O)c1.O=C(O)C(c1ccccc1)c1ccccc1.O=C(O)CCc1ccc(O)c(O)c1.O=C(O)COc1ccc(Cl)cc1. The van der Waals surface area contributed by atoms with Gasteiger partial charge in [0.05, 0.1) is 34.5 Å². The lowest BCUT2D eigenvalue weighted by Gasteiger charge is -2.12. The minimum atomic E-state index is -0.998. The highest BCUT2D eigenvalue weighted by Crippen LogP contribution is 2.34. The zero-order chi connectivity index (χ0) is 59.1. The van der Waals surface area contributed by atoms with Crippen molar-refractivity contribution in [1.82, 2.24) is 0 Å². The largest absolute Gasteiger partial charge is 0.504 e. The third kappa shape index (κ3) is 31.1. The van der Waals surface area contributed by atoms with Gasteiger partial charge < -0.3 is 69.3 Å². The number of carbonyl (C=O) groups is 6. The molecule has 422 valence electrons. The van der Waals surface area contributed by atoms with Gasteiger partial charge in [0.25, 0.3) is 0 Å². The van der Waals surface area contributed by atoms with E-state index in [-0.39, 0.29) is 31.1 Å². The summed E-state index contributed by atoms with van der Waals surface area (Å²) < 4.78 is 30.0. The minimum Gasteiger partial charge on any atom is -0.504 e. The minimum absolute atomic E-state index is 0.0181. The molecule has 0 aliphatic heterocycles. The molecule has 20 nitrogen and oxygen atoms in total. The molecule has 79 heavy (non-hydrogen) atoms. The van der Waals surface area contributed by atoms with Crippen LogP contribution in [0.4, 0.5) is 0 Å². The monoisotopic (exact) mass is 1180 g/mol. The van der Waals surface area contributed by atoms with E-state index in [0.29, 0.717) is 58.8 Å². The molecule has 6 aromatic carbocycles. The number of carboxylic acid groups (broad SMARTS) is 6. The normalized spacial score (nSPS) is 10.0. The number of hydrogen-bond donors (Lipinski definition) is 8. The first-order valence-electron chi connectivity index (χ1n) is 23.0. The molecule has 0 aliphatic rings. The van der Waals surface area contributed by atoms with Gasteiger partial charge in [-0.3, -0.25) is 9.59 Å². The lowest BCUT2D eigenvalue weighted by Crippen LogP contribution is -2.12. The van der Waals surface area contributed by atoms with Crippen molar-refractivity contribution in [3.63, 3.8) is 0 Å². The predicted octanol–water partition coefficient (Wildman–Crippen LogP) is 9.91. The van der Waals surface area contributed by atoms with Crippen molar-refractivity contribution >= 4 is 75.5 Å². The molecule has 0 heterocycles.